The molecule has 0 saturated carbocycles. The Morgan fingerprint density at radius 1 is 1.19 bits per heavy atom. The number of nitrogens with one attached hydrogen (secondary N) is 1. The van der Waals surface area contributed by atoms with Gasteiger partial charge in [-0.05, 0) is 52.2 Å². The zero-order chi connectivity index (χ0) is 15.6. The average Bonchev–Trinajstić information content (AvgIpc) is 2.44. The summed E-state index contributed by atoms with van der Waals surface area (Å²) in [5.41, 5.74) is 2.77. The molecular formula is C14H11BrClF3N2. The molecule has 0 aliphatic heterocycles. The van der Waals surface area contributed by atoms with Crippen LogP contribution in [0.3, 0.4) is 0 Å². The van der Waals surface area contributed by atoms with Crippen LogP contribution in [0, 0.1) is 17.5 Å². The first kappa shape index (κ1) is 16.3. The number of hydrazine groups is 1. The fourth-order valence-electron chi connectivity index (χ4n) is 2.00. The van der Waals surface area contributed by atoms with Crippen LogP contribution in [0.15, 0.2) is 34.8 Å². The Morgan fingerprint density at radius 2 is 1.90 bits per heavy atom. The monoisotopic (exact) mass is 378 g/mol. The standard InChI is InChI=1S/C14H11BrClF3N2/c15-10-3-4-12(18)9(14(10)19)6-13(21-20)8-2-1-7(17)5-11(8)16/h1-5,13,21H,6,20H2. The summed E-state index contributed by atoms with van der Waals surface area (Å²) in [6.07, 6.45) is -0.0705. The van der Waals surface area contributed by atoms with E-state index in [0.717, 1.165) is 12.1 Å². The zero-order valence-corrected chi connectivity index (χ0v) is 13.0. The molecule has 0 heterocycles. The van der Waals surface area contributed by atoms with E-state index in [9.17, 15) is 13.2 Å². The van der Waals surface area contributed by atoms with Gasteiger partial charge in [-0.25, -0.2) is 13.2 Å². The van der Waals surface area contributed by atoms with E-state index < -0.39 is 23.5 Å². The molecule has 1 atom stereocenters. The van der Waals surface area contributed by atoms with Gasteiger partial charge >= 0.3 is 0 Å². The maximum absolute atomic E-state index is 14.0. The minimum absolute atomic E-state index is 0.0705. The summed E-state index contributed by atoms with van der Waals surface area (Å²) >= 11 is 8.95. The highest BCUT2D eigenvalue weighted by molar-refractivity contribution is 9.10. The summed E-state index contributed by atoms with van der Waals surface area (Å²) in [4.78, 5) is 0. The Kier molecular flexibility index (Phi) is 5.27. The van der Waals surface area contributed by atoms with Crippen molar-refractivity contribution in [3.05, 3.63) is 68.4 Å². The highest BCUT2D eigenvalue weighted by Crippen LogP contribution is 2.29. The molecule has 21 heavy (non-hydrogen) atoms. The predicted molar refractivity (Wildman–Crippen MR) is 79.2 cm³/mol. The van der Waals surface area contributed by atoms with Gasteiger partial charge in [0.2, 0.25) is 0 Å². The first-order chi connectivity index (χ1) is 9.93. The van der Waals surface area contributed by atoms with Crippen LogP contribution >= 0.6 is 27.5 Å². The highest BCUT2D eigenvalue weighted by atomic mass is 79.9. The van der Waals surface area contributed by atoms with Crippen LogP contribution in [0.4, 0.5) is 13.2 Å². The van der Waals surface area contributed by atoms with Crippen molar-refractivity contribution in [2.75, 3.05) is 0 Å². The van der Waals surface area contributed by atoms with Crippen LogP contribution < -0.4 is 11.3 Å². The average molecular weight is 380 g/mol. The van der Waals surface area contributed by atoms with Gasteiger partial charge in [-0.15, -0.1) is 0 Å². The van der Waals surface area contributed by atoms with E-state index >= 15 is 0 Å². The number of hydrogen-bond acceptors (Lipinski definition) is 2. The van der Waals surface area contributed by atoms with Crippen molar-refractivity contribution in [2.45, 2.75) is 12.5 Å². The molecule has 0 saturated heterocycles. The van der Waals surface area contributed by atoms with E-state index in [1.165, 1.54) is 18.2 Å². The number of halogens is 5. The fourth-order valence-corrected chi connectivity index (χ4v) is 2.67. The van der Waals surface area contributed by atoms with Crippen LogP contribution in [-0.4, -0.2) is 0 Å². The van der Waals surface area contributed by atoms with Crippen LogP contribution in [0.1, 0.15) is 17.2 Å². The van der Waals surface area contributed by atoms with Crippen LogP contribution in [-0.2, 0) is 6.42 Å². The highest BCUT2D eigenvalue weighted by Gasteiger charge is 2.20. The van der Waals surface area contributed by atoms with E-state index in [0.29, 0.717) is 5.56 Å². The largest absolute Gasteiger partial charge is 0.271 e. The van der Waals surface area contributed by atoms with E-state index in [1.54, 1.807) is 0 Å². The molecule has 0 aliphatic rings. The van der Waals surface area contributed by atoms with Gasteiger partial charge in [-0.1, -0.05) is 17.7 Å². The predicted octanol–water partition coefficient (Wildman–Crippen LogP) is 4.27. The van der Waals surface area contributed by atoms with Gasteiger partial charge in [0.15, 0.2) is 0 Å². The maximum Gasteiger partial charge on any atom is 0.143 e. The molecule has 0 bridgehead atoms. The van der Waals surface area contributed by atoms with Gasteiger partial charge in [0.05, 0.1) is 10.5 Å². The number of rotatable bonds is 4. The summed E-state index contributed by atoms with van der Waals surface area (Å²) in [6.45, 7) is 0. The lowest BCUT2D eigenvalue weighted by molar-refractivity contribution is 0.497. The van der Waals surface area contributed by atoms with Crippen molar-refractivity contribution in [3.63, 3.8) is 0 Å². The molecule has 0 aromatic heterocycles. The summed E-state index contributed by atoms with van der Waals surface area (Å²) < 4.78 is 41.0. The van der Waals surface area contributed by atoms with Crippen molar-refractivity contribution in [2.24, 2.45) is 5.84 Å². The van der Waals surface area contributed by atoms with E-state index in [1.807, 2.05) is 0 Å². The molecule has 0 fully saturated rings. The lowest BCUT2D eigenvalue weighted by Gasteiger charge is -2.19. The van der Waals surface area contributed by atoms with Crippen LogP contribution in [0.2, 0.25) is 5.02 Å². The van der Waals surface area contributed by atoms with Gasteiger partial charge in [-0.2, -0.15) is 0 Å². The van der Waals surface area contributed by atoms with E-state index in [2.05, 4.69) is 21.4 Å². The van der Waals surface area contributed by atoms with Crippen molar-refractivity contribution >= 4 is 27.5 Å². The van der Waals surface area contributed by atoms with E-state index in [-0.39, 0.29) is 21.5 Å². The molecule has 0 aliphatic carbocycles. The smallest absolute Gasteiger partial charge is 0.143 e. The molecule has 2 aromatic rings. The topological polar surface area (TPSA) is 38.0 Å². The number of benzene rings is 2. The molecule has 0 radical (unpaired) electrons. The molecule has 0 spiro atoms. The second-order valence-corrected chi connectivity index (χ2v) is 5.67. The summed E-state index contributed by atoms with van der Waals surface area (Å²) in [5.74, 6) is 3.55. The number of nitrogens with two attached hydrogens (primary N) is 1. The second-order valence-electron chi connectivity index (χ2n) is 4.41. The summed E-state index contributed by atoms with van der Waals surface area (Å²) in [7, 11) is 0. The molecule has 0 amide bonds. The molecule has 1 unspecified atom stereocenters. The molecule has 7 heteroatoms. The number of hydrogen-bond donors (Lipinski definition) is 2. The summed E-state index contributed by atoms with van der Waals surface area (Å²) in [5, 5.41) is 0.133. The third kappa shape index (κ3) is 3.58. The Bertz CT molecular complexity index is 667. The molecular weight excluding hydrogens is 369 g/mol. The van der Waals surface area contributed by atoms with Gasteiger partial charge in [0.1, 0.15) is 17.5 Å². The maximum atomic E-state index is 14.0. The van der Waals surface area contributed by atoms with Gasteiger partial charge in [-0.3, -0.25) is 11.3 Å². The fraction of sp³-hybridized carbons (Fsp3) is 0.143. The van der Waals surface area contributed by atoms with Gasteiger partial charge < -0.3 is 0 Å². The SMILES string of the molecule is NNC(Cc1c(F)ccc(Br)c1F)c1ccc(F)cc1Cl. The molecule has 112 valence electrons. The quantitative estimate of drug-likeness (QED) is 0.473. The van der Waals surface area contributed by atoms with Crippen molar-refractivity contribution < 1.29 is 13.2 Å². The molecule has 2 nitrogen and oxygen atoms in total. The summed E-state index contributed by atoms with van der Waals surface area (Å²) in [6, 6.07) is 5.53. The van der Waals surface area contributed by atoms with Crippen molar-refractivity contribution in [1.82, 2.24) is 5.43 Å². The zero-order valence-electron chi connectivity index (χ0n) is 10.6. The minimum Gasteiger partial charge on any atom is -0.271 e. The minimum atomic E-state index is -0.700. The Balaban J connectivity index is 2.38. The Labute approximate surface area is 133 Å². The lowest BCUT2D eigenvalue weighted by Crippen LogP contribution is -2.30. The Morgan fingerprint density at radius 3 is 2.52 bits per heavy atom. The molecule has 3 N–H and O–H groups in total. The molecule has 2 rings (SSSR count). The van der Waals surface area contributed by atoms with E-state index in [4.69, 9.17) is 17.4 Å². The molecule has 2 aromatic carbocycles. The van der Waals surface area contributed by atoms with Gasteiger partial charge in [0.25, 0.3) is 0 Å². The third-order valence-electron chi connectivity index (χ3n) is 3.09. The first-order valence-corrected chi connectivity index (χ1v) is 7.14. The first-order valence-electron chi connectivity index (χ1n) is 5.97. The van der Waals surface area contributed by atoms with Crippen LogP contribution in [0.25, 0.3) is 0 Å². The normalized spacial score (nSPS) is 12.5. The third-order valence-corrected chi connectivity index (χ3v) is 4.03. The van der Waals surface area contributed by atoms with Crippen molar-refractivity contribution in [3.8, 4) is 0 Å². The van der Waals surface area contributed by atoms with Gasteiger partial charge in [0, 0.05) is 10.6 Å². The lowest BCUT2D eigenvalue weighted by atomic mass is 9.98. The van der Waals surface area contributed by atoms with Crippen LogP contribution in [0.5, 0.6) is 0 Å². The Hall–Kier alpha value is -1.08. The second kappa shape index (κ2) is 6.79. The van der Waals surface area contributed by atoms with Crippen molar-refractivity contribution in [1.29, 1.82) is 0 Å².